The van der Waals surface area contributed by atoms with Crippen LogP contribution in [0.2, 0.25) is 0 Å². The number of aryl methyl sites for hydroxylation is 2. The number of hydrogen-bond acceptors (Lipinski definition) is 5. The minimum atomic E-state index is -0.0515. The topological polar surface area (TPSA) is 92.5 Å². The van der Waals surface area contributed by atoms with Crippen molar-refractivity contribution >= 4 is 23.1 Å². The Morgan fingerprint density at radius 2 is 2.06 bits per heavy atom. The summed E-state index contributed by atoms with van der Waals surface area (Å²) in [5.41, 5.74) is 5.50. The Hall–Kier alpha value is -3.29. The second-order valence-corrected chi connectivity index (χ2v) is 8.93. The lowest BCUT2D eigenvalue weighted by Crippen LogP contribution is -2.29. The van der Waals surface area contributed by atoms with Gasteiger partial charge in [-0.1, -0.05) is 0 Å². The summed E-state index contributed by atoms with van der Waals surface area (Å²) in [6, 6.07) is 5.67. The van der Waals surface area contributed by atoms with E-state index in [1.54, 1.807) is 18.5 Å². The third-order valence-corrected chi connectivity index (χ3v) is 6.58. The third kappa shape index (κ3) is 4.09. The van der Waals surface area contributed by atoms with Crippen LogP contribution in [-0.4, -0.2) is 49.4 Å². The van der Waals surface area contributed by atoms with E-state index in [0.29, 0.717) is 24.4 Å². The molecular weight excluding hydrogens is 404 g/mol. The van der Waals surface area contributed by atoms with Gasteiger partial charge in [0.05, 0.1) is 17.6 Å². The lowest BCUT2D eigenvalue weighted by Gasteiger charge is -2.15. The average Bonchev–Trinajstić information content (AvgIpc) is 3.35. The zero-order valence-electron chi connectivity index (χ0n) is 18.5. The first-order valence-corrected chi connectivity index (χ1v) is 11.3. The van der Waals surface area contributed by atoms with Crippen LogP contribution in [0.1, 0.15) is 54.2 Å². The highest BCUT2D eigenvalue weighted by molar-refractivity contribution is 5.90. The van der Waals surface area contributed by atoms with E-state index in [9.17, 15) is 9.59 Å². The molecular formula is C24H28N6O2. The molecule has 1 atom stereocenters. The van der Waals surface area contributed by atoms with Crippen LogP contribution in [-0.2, 0) is 16.0 Å². The number of nitrogens with zero attached hydrogens (tertiary/aromatic N) is 5. The van der Waals surface area contributed by atoms with Crippen molar-refractivity contribution in [1.82, 2.24) is 24.5 Å². The molecule has 8 heteroatoms. The second kappa shape index (κ2) is 8.33. The molecule has 3 aromatic heterocycles. The van der Waals surface area contributed by atoms with Gasteiger partial charge in [-0.05, 0) is 57.2 Å². The van der Waals surface area contributed by atoms with Crippen molar-refractivity contribution in [3.05, 3.63) is 53.2 Å². The predicted molar refractivity (Wildman–Crippen MR) is 120 cm³/mol. The van der Waals surface area contributed by atoms with E-state index in [2.05, 4.69) is 16.4 Å². The molecule has 2 amide bonds. The monoisotopic (exact) mass is 432 g/mol. The van der Waals surface area contributed by atoms with Gasteiger partial charge in [-0.2, -0.15) is 5.10 Å². The van der Waals surface area contributed by atoms with Crippen molar-refractivity contribution in [1.29, 1.82) is 0 Å². The summed E-state index contributed by atoms with van der Waals surface area (Å²) >= 11 is 0. The van der Waals surface area contributed by atoms with E-state index in [1.165, 1.54) is 0 Å². The predicted octanol–water partition coefficient (Wildman–Crippen LogP) is 3.04. The molecule has 2 fully saturated rings. The number of amides is 2. The van der Waals surface area contributed by atoms with Crippen LogP contribution in [0.25, 0.3) is 5.65 Å². The molecule has 32 heavy (non-hydrogen) atoms. The van der Waals surface area contributed by atoms with E-state index in [1.807, 2.05) is 29.3 Å². The quantitative estimate of drug-likeness (QED) is 0.646. The van der Waals surface area contributed by atoms with Crippen molar-refractivity contribution in [2.24, 2.45) is 5.92 Å². The number of anilines is 1. The van der Waals surface area contributed by atoms with E-state index < -0.39 is 0 Å². The number of pyridine rings is 1. The molecule has 1 aliphatic heterocycles. The Labute approximate surface area is 187 Å². The molecule has 8 nitrogen and oxygen atoms in total. The molecule has 1 aliphatic carbocycles. The van der Waals surface area contributed by atoms with Gasteiger partial charge in [0.15, 0.2) is 5.65 Å². The van der Waals surface area contributed by atoms with E-state index >= 15 is 0 Å². The molecule has 1 saturated carbocycles. The van der Waals surface area contributed by atoms with Crippen LogP contribution in [0.15, 0.2) is 30.6 Å². The van der Waals surface area contributed by atoms with Crippen LogP contribution in [0.5, 0.6) is 0 Å². The van der Waals surface area contributed by atoms with Crippen molar-refractivity contribution < 1.29 is 9.59 Å². The molecule has 2 aliphatic rings. The molecule has 0 aromatic carbocycles. The van der Waals surface area contributed by atoms with Crippen LogP contribution < -0.4 is 5.32 Å². The zero-order chi connectivity index (χ0) is 22.2. The van der Waals surface area contributed by atoms with Gasteiger partial charge in [0.1, 0.15) is 0 Å². The maximum absolute atomic E-state index is 12.4. The number of rotatable bonds is 6. The molecule has 0 bridgehead atoms. The Balaban J connectivity index is 1.29. The lowest BCUT2D eigenvalue weighted by atomic mass is 10.1. The smallest absolute Gasteiger partial charge is 0.225 e. The maximum atomic E-state index is 12.4. The normalized spacial score (nSPS) is 18.3. The van der Waals surface area contributed by atoms with Crippen molar-refractivity contribution in [3.8, 4) is 0 Å². The maximum Gasteiger partial charge on any atom is 0.225 e. The lowest BCUT2D eigenvalue weighted by molar-refractivity contribution is -0.131. The molecule has 1 N–H and O–H groups in total. The largest absolute Gasteiger partial charge is 0.342 e. The van der Waals surface area contributed by atoms with Gasteiger partial charge in [0, 0.05) is 55.0 Å². The van der Waals surface area contributed by atoms with E-state index in [-0.39, 0.29) is 17.7 Å². The summed E-state index contributed by atoms with van der Waals surface area (Å²) in [6.07, 6.45) is 7.29. The van der Waals surface area contributed by atoms with Crippen molar-refractivity contribution in [2.45, 2.75) is 51.9 Å². The van der Waals surface area contributed by atoms with Gasteiger partial charge >= 0.3 is 0 Å². The van der Waals surface area contributed by atoms with Gasteiger partial charge < -0.3 is 10.2 Å². The van der Waals surface area contributed by atoms with Gasteiger partial charge in [-0.15, -0.1) is 0 Å². The fraction of sp³-hybridized carbons (Fsp3) is 0.458. The molecule has 0 radical (unpaired) electrons. The molecule has 1 saturated heterocycles. The van der Waals surface area contributed by atoms with Crippen molar-refractivity contribution in [3.63, 3.8) is 0 Å². The van der Waals surface area contributed by atoms with Crippen LogP contribution >= 0.6 is 0 Å². The molecule has 3 aromatic rings. The molecule has 5 rings (SSSR count). The van der Waals surface area contributed by atoms with Gasteiger partial charge in [-0.3, -0.25) is 14.6 Å². The molecule has 0 unspecified atom stereocenters. The first kappa shape index (κ1) is 20.6. The Kier molecular flexibility index (Phi) is 5.36. The summed E-state index contributed by atoms with van der Waals surface area (Å²) in [4.78, 5) is 35.6. The fourth-order valence-electron chi connectivity index (χ4n) is 4.59. The van der Waals surface area contributed by atoms with Gasteiger partial charge in [0.2, 0.25) is 11.8 Å². The highest BCUT2D eigenvalue weighted by atomic mass is 16.2. The number of fused-ring (bicyclic) bond motifs is 1. The standard InChI is InChI=1S/C24H28N6O2/c1-15-20(7-8-23(31)27-19-4-3-10-25-13-19)16(2)30-22(26-15)12-21(28-30)18-9-11-29(14-18)24(32)17-5-6-17/h3-4,10,12-13,17-18H,5-9,11,14H2,1-2H3,(H,27,31)/t18-/m0/s1. The first-order chi connectivity index (χ1) is 15.5. The van der Waals surface area contributed by atoms with E-state index in [4.69, 9.17) is 10.1 Å². The summed E-state index contributed by atoms with van der Waals surface area (Å²) in [6.45, 7) is 5.58. The molecule has 4 heterocycles. The number of carbonyl (C=O) groups is 2. The van der Waals surface area contributed by atoms with Crippen LogP contribution in [0.4, 0.5) is 5.69 Å². The Morgan fingerprint density at radius 3 is 2.81 bits per heavy atom. The number of carbonyl (C=O) groups excluding carboxylic acids is 2. The third-order valence-electron chi connectivity index (χ3n) is 6.58. The van der Waals surface area contributed by atoms with Gasteiger partial charge in [-0.25, -0.2) is 9.50 Å². The molecule has 0 spiro atoms. The van der Waals surface area contributed by atoms with Crippen LogP contribution in [0, 0.1) is 19.8 Å². The van der Waals surface area contributed by atoms with Crippen molar-refractivity contribution in [2.75, 3.05) is 18.4 Å². The van der Waals surface area contributed by atoms with E-state index in [0.717, 1.165) is 60.6 Å². The first-order valence-electron chi connectivity index (χ1n) is 11.3. The highest BCUT2D eigenvalue weighted by Gasteiger charge is 2.37. The average molecular weight is 433 g/mol. The number of likely N-dealkylation sites (tertiary alicyclic amines) is 1. The highest BCUT2D eigenvalue weighted by Crippen LogP contribution is 2.35. The number of aromatic nitrogens is 4. The number of nitrogens with one attached hydrogen (secondary N) is 1. The van der Waals surface area contributed by atoms with Crippen LogP contribution in [0.3, 0.4) is 0 Å². The Bertz CT molecular complexity index is 1170. The Morgan fingerprint density at radius 1 is 1.22 bits per heavy atom. The minimum Gasteiger partial charge on any atom is -0.342 e. The summed E-state index contributed by atoms with van der Waals surface area (Å²) < 4.78 is 1.89. The molecule has 166 valence electrons. The summed E-state index contributed by atoms with van der Waals surface area (Å²) in [7, 11) is 0. The number of hydrogen-bond donors (Lipinski definition) is 1. The summed E-state index contributed by atoms with van der Waals surface area (Å²) in [5, 5.41) is 7.73. The van der Waals surface area contributed by atoms with Gasteiger partial charge in [0.25, 0.3) is 0 Å². The SMILES string of the molecule is Cc1nc2cc([C@H]3CCN(C(=O)C4CC4)C3)nn2c(C)c1CCC(=O)Nc1cccnc1. The second-order valence-electron chi connectivity index (χ2n) is 8.93. The summed E-state index contributed by atoms with van der Waals surface area (Å²) in [5.74, 6) is 0.782. The minimum absolute atomic E-state index is 0.0515. The zero-order valence-corrected chi connectivity index (χ0v) is 18.5. The fourth-order valence-corrected chi connectivity index (χ4v) is 4.59.